The Bertz CT molecular complexity index is 1090. The third-order valence-electron chi connectivity index (χ3n) is 6.26. The van der Waals surface area contributed by atoms with E-state index >= 15 is 0 Å². The van der Waals surface area contributed by atoms with Crippen LogP contribution in [-0.2, 0) is 0 Å². The maximum Gasteiger partial charge on any atom is 0.298 e. The smallest absolute Gasteiger partial charge is 0.298 e. The van der Waals surface area contributed by atoms with Crippen LogP contribution < -0.4 is 4.90 Å². The topological polar surface area (TPSA) is 68.2 Å². The molecule has 2 fully saturated rings. The van der Waals surface area contributed by atoms with E-state index in [2.05, 4.69) is 20.1 Å². The SMILES string of the molecule is c1ccc(-c2nnc([C@@H]3CC34CCN(c3nc5ccccc5o3)CC4)o2)cc1. The highest BCUT2D eigenvalue weighted by molar-refractivity contribution is 5.74. The number of hydrogen-bond acceptors (Lipinski definition) is 6. The van der Waals surface area contributed by atoms with E-state index < -0.39 is 0 Å². The molecule has 0 amide bonds. The summed E-state index contributed by atoms with van der Waals surface area (Å²) in [6.07, 6.45) is 3.32. The van der Waals surface area contributed by atoms with Crippen molar-refractivity contribution in [1.82, 2.24) is 15.2 Å². The summed E-state index contributed by atoms with van der Waals surface area (Å²) in [6, 6.07) is 18.6. The molecule has 2 aromatic carbocycles. The third-order valence-corrected chi connectivity index (χ3v) is 6.26. The van der Waals surface area contributed by atoms with Gasteiger partial charge in [0, 0.05) is 24.6 Å². The van der Waals surface area contributed by atoms with E-state index in [-0.39, 0.29) is 0 Å². The summed E-state index contributed by atoms with van der Waals surface area (Å²) in [4.78, 5) is 6.89. The van der Waals surface area contributed by atoms with Gasteiger partial charge in [0.15, 0.2) is 5.58 Å². The van der Waals surface area contributed by atoms with Crippen molar-refractivity contribution in [1.29, 1.82) is 0 Å². The number of nitrogens with zero attached hydrogens (tertiary/aromatic N) is 4. The summed E-state index contributed by atoms with van der Waals surface area (Å²) < 4.78 is 11.9. The summed E-state index contributed by atoms with van der Waals surface area (Å²) in [5, 5.41) is 8.61. The predicted molar refractivity (Wildman–Crippen MR) is 105 cm³/mol. The summed E-state index contributed by atoms with van der Waals surface area (Å²) in [5.74, 6) is 1.78. The molecule has 2 aromatic heterocycles. The Morgan fingerprint density at radius 3 is 2.50 bits per heavy atom. The molecule has 28 heavy (non-hydrogen) atoms. The molecule has 0 radical (unpaired) electrons. The number of para-hydroxylation sites is 2. The Hall–Kier alpha value is -3.15. The van der Waals surface area contributed by atoms with Crippen LogP contribution in [0, 0.1) is 5.41 Å². The zero-order valence-corrected chi connectivity index (χ0v) is 15.4. The van der Waals surface area contributed by atoms with E-state index in [9.17, 15) is 0 Å². The van der Waals surface area contributed by atoms with Gasteiger partial charge in [0.25, 0.3) is 6.01 Å². The Morgan fingerprint density at radius 2 is 1.68 bits per heavy atom. The highest BCUT2D eigenvalue weighted by atomic mass is 16.4. The van der Waals surface area contributed by atoms with E-state index in [0.29, 0.717) is 17.2 Å². The van der Waals surface area contributed by atoms with Gasteiger partial charge in [-0.2, -0.15) is 4.98 Å². The average Bonchev–Trinajstić information content (AvgIpc) is 3.13. The van der Waals surface area contributed by atoms with Crippen LogP contribution in [0.25, 0.3) is 22.6 Å². The predicted octanol–water partition coefficient (Wildman–Crippen LogP) is 4.65. The highest BCUT2D eigenvalue weighted by Crippen LogP contribution is 2.64. The quantitative estimate of drug-likeness (QED) is 0.521. The van der Waals surface area contributed by atoms with E-state index in [0.717, 1.165) is 60.9 Å². The molecule has 0 N–H and O–H groups in total. The summed E-state index contributed by atoms with van der Waals surface area (Å²) in [5.41, 5.74) is 3.03. The number of aromatic nitrogens is 3. The lowest BCUT2D eigenvalue weighted by molar-refractivity contribution is 0.344. The first kappa shape index (κ1) is 15.9. The number of benzene rings is 2. The molecule has 1 aliphatic heterocycles. The second kappa shape index (κ2) is 5.92. The van der Waals surface area contributed by atoms with E-state index in [4.69, 9.17) is 8.83 Å². The largest absolute Gasteiger partial charge is 0.423 e. The number of piperidine rings is 1. The fourth-order valence-corrected chi connectivity index (χ4v) is 4.46. The molecule has 6 nitrogen and oxygen atoms in total. The first-order valence-corrected chi connectivity index (χ1v) is 9.80. The molecule has 1 spiro atoms. The molecule has 3 heterocycles. The molecular formula is C22H20N4O2. The third kappa shape index (κ3) is 2.52. The van der Waals surface area contributed by atoms with Gasteiger partial charge in [0.2, 0.25) is 11.8 Å². The first-order valence-electron chi connectivity index (χ1n) is 9.80. The average molecular weight is 372 g/mol. The lowest BCUT2D eigenvalue weighted by Gasteiger charge is -2.31. The van der Waals surface area contributed by atoms with Crippen molar-refractivity contribution in [2.45, 2.75) is 25.2 Å². The summed E-state index contributed by atoms with van der Waals surface area (Å²) >= 11 is 0. The molecule has 1 saturated heterocycles. The van der Waals surface area contributed by atoms with Gasteiger partial charge in [-0.25, -0.2) is 0 Å². The van der Waals surface area contributed by atoms with Crippen LogP contribution in [0.5, 0.6) is 0 Å². The van der Waals surface area contributed by atoms with Crippen LogP contribution >= 0.6 is 0 Å². The molecule has 0 bridgehead atoms. The molecule has 6 rings (SSSR count). The Balaban J connectivity index is 1.16. The molecule has 1 aliphatic carbocycles. The maximum absolute atomic E-state index is 6.01. The molecule has 0 unspecified atom stereocenters. The number of oxazole rings is 1. The van der Waals surface area contributed by atoms with Crippen molar-refractivity contribution in [3.8, 4) is 11.5 Å². The number of anilines is 1. The minimum absolute atomic E-state index is 0.295. The minimum Gasteiger partial charge on any atom is -0.423 e. The van der Waals surface area contributed by atoms with Crippen LogP contribution in [-0.4, -0.2) is 28.3 Å². The fraction of sp³-hybridized carbons (Fsp3) is 0.318. The maximum atomic E-state index is 6.01. The van der Waals surface area contributed by atoms with E-state index in [1.54, 1.807) is 0 Å². The zero-order valence-electron chi connectivity index (χ0n) is 15.4. The second-order valence-corrected chi connectivity index (χ2v) is 7.88. The van der Waals surface area contributed by atoms with Crippen molar-refractivity contribution in [2.24, 2.45) is 5.41 Å². The van der Waals surface area contributed by atoms with Crippen LogP contribution in [0.15, 0.2) is 63.4 Å². The first-order chi connectivity index (χ1) is 13.8. The monoisotopic (exact) mass is 372 g/mol. The van der Waals surface area contributed by atoms with E-state index in [1.807, 2.05) is 54.6 Å². The normalized spacial score (nSPS) is 20.7. The Labute approximate surface area is 162 Å². The van der Waals surface area contributed by atoms with Crippen LogP contribution in [0.3, 0.4) is 0 Å². The zero-order chi connectivity index (χ0) is 18.6. The Kier molecular flexibility index (Phi) is 3.36. The van der Waals surface area contributed by atoms with Gasteiger partial charge in [-0.15, -0.1) is 10.2 Å². The van der Waals surface area contributed by atoms with Gasteiger partial charge >= 0.3 is 0 Å². The number of rotatable bonds is 3. The standard InChI is InChI=1S/C22H20N4O2/c1-2-6-15(7-3-1)19-24-25-20(28-19)16-14-22(16)10-12-26(13-11-22)21-23-17-8-4-5-9-18(17)27-21/h1-9,16H,10-14H2/t16-/m0/s1. The Morgan fingerprint density at radius 1 is 0.893 bits per heavy atom. The van der Waals surface area contributed by atoms with Crippen LogP contribution in [0.1, 0.15) is 31.1 Å². The van der Waals surface area contributed by atoms with Gasteiger partial charge < -0.3 is 13.7 Å². The molecule has 6 heteroatoms. The molecule has 140 valence electrons. The molecule has 1 saturated carbocycles. The van der Waals surface area contributed by atoms with Gasteiger partial charge in [-0.05, 0) is 48.9 Å². The van der Waals surface area contributed by atoms with Crippen LogP contribution in [0.4, 0.5) is 6.01 Å². The van der Waals surface area contributed by atoms with Gasteiger partial charge in [0.05, 0.1) is 0 Å². The molecular weight excluding hydrogens is 352 g/mol. The van der Waals surface area contributed by atoms with Crippen molar-refractivity contribution in [2.75, 3.05) is 18.0 Å². The second-order valence-electron chi connectivity index (χ2n) is 7.88. The summed E-state index contributed by atoms with van der Waals surface area (Å²) in [6.45, 7) is 1.89. The van der Waals surface area contributed by atoms with Crippen molar-refractivity contribution in [3.05, 3.63) is 60.5 Å². The van der Waals surface area contributed by atoms with Crippen LogP contribution in [0.2, 0.25) is 0 Å². The van der Waals surface area contributed by atoms with Gasteiger partial charge in [-0.3, -0.25) is 0 Å². The van der Waals surface area contributed by atoms with Gasteiger partial charge in [-0.1, -0.05) is 30.3 Å². The number of fused-ring (bicyclic) bond motifs is 1. The highest BCUT2D eigenvalue weighted by Gasteiger charge is 2.58. The van der Waals surface area contributed by atoms with Crippen molar-refractivity contribution in [3.63, 3.8) is 0 Å². The fourth-order valence-electron chi connectivity index (χ4n) is 4.46. The van der Waals surface area contributed by atoms with Crippen molar-refractivity contribution < 1.29 is 8.83 Å². The molecule has 2 aliphatic rings. The minimum atomic E-state index is 0.295. The lowest BCUT2D eigenvalue weighted by Crippen LogP contribution is -2.35. The molecule has 1 atom stereocenters. The summed E-state index contributed by atoms with van der Waals surface area (Å²) in [7, 11) is 0. The lowest BCUT2D eigenvalue weighted by atomic mass is 9.91. The van der Waals surface area contributed by atoms with Gasteiger partial charge in [0.1, 0.15) is 5.52 Å². The molecule has 4 aromatic rings. The number of hydrogen-bond donors (Lipinski definition) is 0. The van der Waals surface area contributed by atoms with E-state index in [1.165, 1.54) is 0 Å². The van der Waals surface area contributed by atoms with Crippen molar-refractivity contribution >= 4 is 17.1 Å².